The molecule has 1 heterocycles. The molecule has 20 heavy (non-hydrogen) atoms. The summed E-state index contributed by atoms with van der Waals surface area (Å²) < 4.78 is 4.57. The first-order valence-corrected chi connectivity index (χ1v) is 6.34. The van der Waals surface area contributed by atoms with Gasteiger partial charge in [-0.3, -0.25) is 4.79 Å². The maximum Gasteiger partial charge on any atom is 0.376 e. The van der Waals surface area contributed by atoms with Gasteiger partial charge in [0.05, 0.1) is 13.0 Å². The largest absolute Gasteiger partial charge is 0.481 e. The van der Waals surface area contributed by atoms with Gasteiger partial charge in [-0.15, -0.1) is 0 Å². The molecule has 0 amide bonds. The Hall–Kier alpha value is -2.18. The summed E-state index contributed by atoms with van der Waals surface area (Å²) in [4.78, 5) is 30.1. The second kappa shape index (κ2) is 7.42. The molecule has 2 N–H and O–H groups in total. The Labute approximate surface area is 117 Å². The molecule has 0 spiro atoms. The average Bonchev–Trinajstić information content (AvgIpc) is 2.41. The lowest BCUT2D eigenvalue weighted by Crippen LogP contribution is -2.14. The number of anilines is 1. The van der Waals surface area contributed by atoms with E-state index in [1.54, 1.807) is 19.9 Å². The molecule has 110 valence electrons. The van der Waals surface area contributed by atoms with Crippen LogP contribution in [-0.4, -0.2) is 40.7 Å². The molecule has 1 atom stereocenters. The van der Waals surface area contributed by atoms with Crippen molar-refractivity contribution in [3.05, 3.63) is 17.6 Å². The zero-order valence-electron chi connectivity index (χ0n) is 11.8. The SMILES string of the molecule is COC(=O)c1nc(C)cc(NCCCC(C)C(=O)O)n1. The van der Waals surface area contributed by atoms with E-state index in [9.17, 15) is 9.59 Å². The molecule has 0 saturated carbocycles. The quantitative estimate of drug-likeness (QED) is 0.576. The first-order valence-electron chi connectivity index (χ1n) is 6.34. The smallest absolute Gasteiger partial charge is 0.376 e. The lowest BCUT2D eigenvalue weighted by atomic mass is 10.1. The first-order chi connectivity index (χ1) is 9.43. The summed E-state index contributed by atoms with van der Waals surface area (Å²) >= 11 is 0. The number of ether oxygens (including phenoxy) is 1. The highest BCUT2D eigenvalue weighted by atomic mass is 16.5. The standard InChI is InChI=1S/C13H19N3O4/c1-8(12(17)18)5-4-6-14-10-7-9(2)15-11(16-10)13(19)20-3/h7-8H,4-6H2,1-3H3,(H,17,18)(H,14,15,16). The molecule has 0 aliphatic heterocycles. The van der Waals surface area contributed by atoms with Crippen LogP contribution >= 0.6 is 0 Å². The number of carbonyl (C=O) groups is 2. The third-order valence-corrected chi connectivity index (χ3v) is 2.76. The number of carboxylic acids is 1. The summed E-state index contributed by atoms with van der Waals surface area (Å²) in [5, 5.41) is 11.8. The fourth-order valence-corrected chi connectivity index (χ4v) is 1.59. The number of carbonyl (C=O) groups excluding carboxylic acids is 1. The van der Waals surface area contributed by atoms with Gasteiger partial charge in [0, 0.05) is 18.3 Å². The van der Waals surface area contributed by atoms with E-state index in [1.165, 1.54) is 7.11 Å². The molecular formula is C13H19N3O4. The molecule has 1 unspecified atom stereocenters. The third kappa shape index (κ3) is 4.83. The van der Waals surface area contributed by atoms with Crippen LogP contribution in [-0.2, 0) is 9.53 Å². The minimum absolute atomic E-state index is 0.00824. The number of aryl methyl sites for hydroxylation is 1. The van der Waals surface area contributed by atoms with E-state index in [0.717, 1.165) is 0 Å². The molecule has 0 saturated heterocycles. The summed E-state index contributed by atoms with van der Waals surface area (Å²) in [5.74, 6) is -1.21. The molecule has 1 rings (SSSR count). The van der Waals surface area contributed by atoms with E-state index in [2.05, 4.69) is 20.0 Å². The molecule has 0 aliphatic carbocycles. The zero-order chi connectivity index (χ0) is 15.1. The first kappa shape index (κ1) is 15.9. The number of nitrogens with one attached hydrogen (secondary N) is 1. The van der Waals surface area contributed by atoms with Gasteiger partial charge in [-0.2, -0.15) is 0 Å². The highest BCUT2D eigenvalue weighted by Gasteiger charge is 2.12. The van der Waals surface area contributed by atoms with Crippen molar-refractivity contribution in [1.29, 1.82) is 0 Å². The highest BCUT2D eigenvalue weighted by molar-refractivity contribution is 5.85. The Kier molecular flexibility index (Phi) is 5.89. The van der Waals surface area contributed by atoms with Gasteiger partial charge >= 0.3 is 11.9 Å². The second-order valence-electron chi connectivity index (χ2n) is 4.52. The van der Waals surface area contributed by atoms with Crippen LogP contribution in [0.15, 0.2) is 6.07 Å². The van der Waals surface area contributed by atoms with Crippen molar-refractivity contribution in [2.45, 2.75) is 26.7 Å². The number of rotatable bonds is 7. The molecule has 0 fully saturated rings. The number of aromatic nitrogens is 2. The van der Waals surface area contributed by atoms with Gasteiger partial charge in [0.15, 0.2) is 0 Å². The molecular weight excluding hydrogens is 262 g/mol. The summed E-state index contributed by atoms with van der Waals surface area (Å²) in [6, 6.07) is 1.72. The van der Waals surface area contributed by atoms with Crippen molar-refractivity contribution in [3.8, 4) is 0 Å². The van der Waals surface area contributed by atoms with Crippen LogP contribution in [0, 0.1) is 12.8 Å². The van der Waals surface area contributed by atoms with Crippen molar-refractivity contribution < 1.29 is 19.4 Å². The summed E-state index contributed by atoms with van der Waals surface area (Å²) in [6.45, 7) is 4.01. The Morgan fingerprint density at radius 2 is 2.15 bits per heavy atom. The van der Waals surface area contributed by atoms with Gasteiger partial charge < -0.3 is 15.2 Å². The van der Waals surface area contributed by atoms with E-state index < -0.39 is 11.9 Å². The second-order valence-corrected chi connectivity index (χ2v) is 4.52. The molecule has 0 radical (unpaired) electrons. The molecule has 0 bridgehead atoms. The van der Waals surface area contributed by atoms with E-state index in [0.29, 0.717) is 30.9 Å². The molecule has 1 aromatic rings. The van der Waals surface area contributed by atoms with Gasteiger partial charge in [0.25, 0.3) is 0 Å². The van der Waals surface area contributed by atoms with Gasteiger partial charge in [0.2, 0.25) is 5.82 Å². The number of hydrogen-bond acceptors (Lipinski definition) is 6. The highest BCUT2D eigenvalue weighted by Crippen LogP contribution is 2.09. The number of nitrogens with zero attached hydrogens (tertiary/aromatic N) is 2. The number of hydrogen-bond donors (Lipinski definition) is 2. The minimum atomic E-state index is -0.796. The van der Waals surface area contributed by atoms with Crippen molar-refractivity contribution in [2.24, 2.45) is 5.92 Å². The Balaban J connectivity index is 2.54. The number of carboxylic acid groups (broad SMARTS) is 1. The van der Waals surface area contributed by atoms with Gasteiger partial charge in [0.1, 0.15) is 5.82 Å². The average molecular weight is 281 g/mol. The Morgan fingerprint density at radius 1 is 1.45 bits per heavy atom. The van der Waals surface area contributed by atoms with Crippen molar-refractivity contribution in [1.82, 2.24) is 9.97 Å². The van der Waals surface area contributed by atoms with Gasteiger partial charge in [-0.1, -0.05) is 6.92 Å². The van der Waals surface area contributed by atoms with E-state index >= 15 is 0 Å². The number of aliphatic carboxylic acids is 1. The van der Waals surface area contributed by atoms with Crippen molar-refractivity contribution >= 4 is 17.8 Å². The topological polar surface area (TPSA) is 101 Å². The molecule has 7 heteroatoms. The van der Waals surface area contributed by atoms with Crippen LogP contribution in [0.3, 0.4) is 0 Å². The third-order valence-electron chi connectivity index (χ3n) is 2.76. The molecule has 1 aromatic heterocycles. The van der Waals surface area contributed by atoms with E-state index in [-0.39, 0.29) is 11.7 Å². The lowest BCUT2D eigenvalue weighted by Gasteiger charge is -2.09. The van der Waals surface area contributed by atoms with Crippen LogP contribution in [0.1, 0.15) is 36.1 Å². The predicted molar refractivity (Wildman–Crippen MR) is 72.6 cm³/mol. The monoisotopic (exact) mass is 281 g/mol. The molecule has 0 aromatic carbocycles. The van der Waals surface area contributed by atoms with Gasteiger partial charge in [-0.05, 0) is 19.8 Å². The summed E-state index contributed by atoms with van der Waals surface area (Å²) in [7, 11) is 1.27. The lowest BCUT2D eigenvalue weighted by molar-refractivity contribution is -0.141. The fraction of sp³-hybridized carbons (Fsp3) is 0.538. The van der Waals surface area contributed by atoms with E-state index in [1.807, 2.05) is 0 Å². The van der Waals surface area contributed by atoms with Crippen LogP contribution in [0.4, 0.5) is 5.82 Å². The van der Waals surface area contributed by atoms with Crippen LogP contribution in [0.25, 0.3) is 0 Å². The van der Waals surface area contributed by atoms with Gasteiger partial charge in [-0.25, -0.2) is 14.8 Å². The number of methoxy groups -OCH3 is 1. The van der Waals surface area contributed by atoms with Crippen molar-refractivity contribution in [2.75, 3.05) is 19.0 Å². The summed E-state index contributed by atoms with van der Waals surface area (Å²) in [6.07, 6.45) is 1.28. The Morgan fingerprint density at radius 3 is 2.75 bits per heavy atom. The molecule has 0 aliphatic rings. The van der Waals surface area contributed by atoms with Crippen LogP contribution < -0.4 is 5.32 Å². The van der Waals surface area contributed by atoms with E-state index in [4.69, 9.17) is 5.11 Å². The van der Waals surface area contributed by atoms with Crippen molar-refractivity contribution in [3.63, 3.8) is 0 Å². The maximum atomic E-state index is 11.4. The number of esters is 1. The van der Waals surface area contributed by atoms with Crippen LogP contribution in [0.2, 0.25) is 0 Å². The molecule has 7 nitrogen and oxygen atoms in total. The minimum Gasteiger partial charge on any atom is -0.481 e. The Bertz CT molecular complexity index is 491. The predicted octanol–water partition coefficient (Wildman–Crippen LogP) is 1.48. The van der Waals surface area contributed by atoms with Crippen LogP contribution in [0.5, 0.6) is 0 Å². The zero-order valence-corrected chi connectivity index (χ0v) is 11.8. The summed E-state index contributed by atoms with van der Waals surface area (Å²) in [5.41, 5.74) is 0.654. The normalized spacial score (nSPS) is 11.8. The maximum absolute atomic E-state index is 11.4. The fourth-order valence-electron chi connectivity index (χ4n) is 1.59.